The molecule has 0 spiro atoms. The highest BCUT2D eigenvalue weighted by atomic mass is 16.6. The van der Waals surface area contributed by atoms with Gasteiger partial charge in [0.2, 0.25) is 0 Å². The maximum Gasteiger partial charge on any atom is 0.271 e. The smallest absolute Gasteiger partial charge is 0.271 e. The third kappa shape index (κ3) is 4.24. The molecule has 0 radical (unpaired) electrons. The van der Waals surface area contributed by atoms with Crippen molar-refractivity contribution in [3.63, 3.8) is 0 Å². The Labute approximate surface area is 108 Å². The van der Waals surface area contributed by atoms with Crippen LogP contribution in [0.2, 0.25) is 0 Å². The molecule has 0 aliphatic carbocycles. The summed E-state index contributed by atoms with van der Waals surface area (Å²) in [7, 11) is 0. The molecule has 5 heteroatoms. The molecule has 1 rings (SSSR count). The minimum Gasteiger partial charge on any atom is -0.397 e. The van der Waals surface area contributed by atoms with Gasteiger partial charge in [-0.05, 0) is 31.7 Å². The Balaban J connectivity index is 2.64. The lowest BCUT2D eigenvalue weighted by atomic mass is 10.0. The van der Waals surface area contributed by atoms with Gasteiger partial charge in [0.15, 0.2) is 0 Å². The molecular formula is C13H21N3O2. The predicted molar refractivity (Wildman–Crippen MR) is 74.7 cm³/mol. The van der Waals surface area contributed by atoms with Gasteiger partial charge < -0.3 is 11.1 Å². The van der Waals surface area contributed by atoms with Crippen LogP contribution in [0.15, 0.2) is 18.2 Å². The third-order valence-electron chi connectivity index (χ3n) is 2.82. The zero-order valence-corrected chi connectivity index (χ0v) is 11.1. The second-order valence-corrected chi connectivity index (χ2v) is 5.05. The summed E-state index contributed by atoms with van der Waals surface area (Å²) in [4.78, 5) is 10.2. The molecule has 0 saturated heterocycles. The number of benzene rings is 1. The molecule has 0 fully saturated rings. The van der Waals surface area contributed by atoms with Crippen molar-refractivity contribution in [2.45, 2.75) is 39.7 Å². The number of hydrogen-bond acceptors (Lipinski definition) is 4. The standard InChI is InChI=1S/C13H21N3O2/c1-9(2)4-5-10(3)15-13-7-6-11(16(17)18)8-12(13)14/h6-10,15H,4-5,14H2,1-3H3. The lowest BCUT2D eigenvalue weighted by Crippen LogP contribution is -2.16. The summed E-state index contributed by atoms with van der Waals surface area (Å²) in [6, 6.07) is 4.82. The zero-order valence-electron chi connectivity index (χ0n) is 11.1. The Bertz CT molecular complexity index is 419. The SMILES string of the molecule is CC(C)CCC(C)Nc1ccc([N+](=O)[O-])cc1N. The number of rotatable bonds is 6. The summed E-state index contributed by atoms with van der Waals surface area (Å²) in [5.41, 5.74) is 7.00. The summed E-state index contributed by atoms with van der Waals surface area (Å²) >= 11 is 0. The van der Waals surface area contributed by atoms with Crippen molar-refractivity contribution in [1.29, 1.82) is 0 Å². The third-order valence-corrected chi connectivity index (χ3v) is 2.82. The van der Waals surface area contributed by atoms with Crippen LogP contribution >= 0.6 is 0 Å². The topological polar surface area (TPSA) is 81.2 Å². The molecule has 0 aliphatic heterocycles. The fourth-order valence-corrected chi connectivity index (χ4v) is 1.72. The molecule has 1 aromatic rings. The van der Waals surface area contributed by atoms with Gasteiger partial charge in [0.05, 0.1) is 16.3 Å². The van der Waals surface area contributed by atoms with Gasteiger partial charge in [-0.25, -0.2) is 0 Å². The van der Waals surface area contributed by atoms with Gasteiger partial charge in [-0.15, -0.1) is 0 Å². The monoisotopic (exact) mass is 251 g/mol. The van der Waals surface area contributed by atoms with E-state index < -0.39 is 4.92 Å². The van der Waals surface area contributed by atoms with E-state index in [1.807, 2.05) is 0 Å². The second kappa shape index (κ2) is 6.23. The number of nitrogens with zero attached hydrogens (tertiary/aromatic N) is 1. The van der Waals surface area contributed by atoms with Crippen molar-refractivity contribution >= 4 is 17.1 Å². The van der Waals surface area contributed by atoms with Gasteiger partial charge in [0, 0.05) is 18.2 Å². The molecule has 0 amide bonds. The molecule has 100 valence electrons. The van der Waals surface area contributed by atoms with E-state index in [-0.39, 0.29) is 5.69 Å². The van der Waals surface area contributed by atoms with Crippen LogP contribution in [0.4, 0.5) is 17.1 Å². The number of non-ortho nitro benzene ring substituents is 1. The van der Waals surface area contributed by atoms with Crippen LogP contribution in [-0.2, 0) is 0 Å². The predicted octanol–water partition coefficient (Wildman–Crippen LogP) is 3.41. The highest BCUT2D eigenvalue weighted by molar-refractivity contribution is 5.69. The van der Waals surface area contributed by atoms with Crippen LogP contribution in [0.1, 0.15) is 33.6 Å². The number of nitrogens with two attached hydrogens (primary N) is 1. The van der Waals surface area contributed by atoms with Crippen molar-refractivity contribution in [2.24, 2.45) is 5.92 Å². The van der Waals surface area contributed by atoms with Gasteiger partial charge in [-0.1, -0.05) is 13.8 Å². The number of nitrogen functional groups attached to an aromatic ring is 1. The maximum absolute atomic E-state index is 10.6. The summed E-state index contributed by atoms with van der Waals surface area (Å²) in [6.45, 7) is 6.46. The molecule has 3 N–H and O–H groups in total. The minimum absolute atomic E-state index is 0.0212. The first-order chi connectivity index (χ1) is 8.40. The van der Waals surface area contributed by atoms with Crippen LogP contribution in [0.25, 0.3) is 0 Å². The molecule has 1 atom stereocenters. The van der Waals surface area contributed by atoms with E-state index in [9.17, 15) is 10.1 Å². The first-order valence-electron chi connectivity index (χ1n) is 6.20. The quantitative estimate of drug-likeness (QED) is 0.461. The maximum atomic E-state index is 10.6. The van der Waals surface area contributed by atoms with Crippen molar-refractivity contribution in [2.75, 3.05) is 11.1 Å². The van der Waals surface area contributed by atoms with Crippen molar-refractivity contribution in [1.82, 2.24) is 0 Å². The average Bonchev–Trinajstić information content (AvgIpc) is 2.29. The number of nitro benzene ring substituents is 1. The van der Waals surface area contributed by atoms with E-state index in [0.717, 1.165) is 18.5 Å². The lowest BCUT2D eigenvalue weighted by Gasteiger charge is -2.17. The van der Waals surface area contributed by atoms with E-state index in [4.69, 9.17) is 5.73 Å². The second-order valence-electron chi connectivity index (χ2n) is 5.05. The molecule has 0 bridgehead atoms. The first kappa shape index (κ1) is 14.3. The normalized spacial score (nSPS) is 12.4. The van der Waals surface area contributed by atoms with Crippen molar-refractivity contribution in [3.05, 3.63) is 28.3 Å². The highest BCUT2D eigenvalue weighted by Crippen LogP contribution is 2.25. The van der Waals surface area contributed by atoms with Gasteiger partial charge in [0.1, 0.15) is 0 Å². The van der Waals surface area contributed by atoms with Crippen LogP contribution in [0, 0.1) is 16.0 Å². The Morgan fingerprint density at radius 3 is 2.50 bits per heavy atom. The Morgan fingerprint density at radius 1 is 1.33 bits per heavy atom. The molecule has 1 aromatic carbocycles. The van der Waals surface area contributed by atoms with Crippen molar-refractivity contribution < 1.29 is 4.92 Å². The summed E-state index contributed by atoms with van der Waals surface area (Å²) in [5, 5.41) is 13.9. The molecule has 0 heterocycles. The summed E-state index contributed by atoms with van der Waals surface area (Å²) < 4.78 is 0. The number of nitro groups is 1. The van der Waals surface area contributed by atoms with Gasteiger partial charge in [-0.2, -0.15) is 0 Å². The first-order valence-corrected chi connectivity index (χ1v) is 6.20. The Hall–Kier alpha value is -1.78. The van der Waals surface area contributed by atoms with Crippen LogP contribution < -0.4 is 11.1 Å². The van der Waals surface area contributed by atoms with Crippen LogP contribution in [0.3, 0.4) is 0 Å². The molecule has 1 unspecified atom stereocenters. The van der Waals surface area contributed by atoms with E-state index in [2.05, 4.69) is 26.1 Å². The van der Waals surface area contributed by atoms with E-state index in [1.54, 1.807) is 6.07 Å². The van der Waals surface area contributed by atoms with Crippen LogP contribution in [0.5, 0.6) is 0 Å². The Kier molecular flexibility index (Phi) is 4.95. The molecule has 0 aliphatic rings. The van der Waals surface area contributed by atoms with Gasteiger partial charge >= 0.3 is 0 Å². The number of hydrogen-bond donors (Lipinski definition) is 2. The minimum atomic E-state index is -0.442. The fraction of sp³-hybridized carbons (Fsp3) is 0.538. The van der Waals surface area contributed by atoms with E-state index >= 15 is 0 Å². The molecule has 5 nitrogen and oxygen atoms in total. The average molecular weight is 251 g/mol. The van der Waals surface area contributed by atoms with E-state index in [0.29, 0.717) is 17.6 Å². The largest absolute Gasteiger partial charge is 0.397 e. The molecule has 0 aromatic heterocycles. The van der Waals surface area contributed by atoms with Crippen LogP contribution in [-0.4, -0.2) is 11.0 Å². The molecular weight excluding hydrogens is 230 g/mol. The van der Waals surface area contributed by atoms with Crippen molar-refractivity contribution in [3.8, 4) is 0 Å². The van der Waals surface area contributed by atoms with E-state index in [1.165, 1.54) is 12.1 Å². The zero-order chi connectivity index (χ0) is 13.7. The Morgan fingerprint density at radius 2 is 2.00 bits per heavy atom. The highest BCUT2D eigenvalue weighted by Gasteiger charge is 2.10. The molecule has 0 saturated carbocycles. The fourth-order valence-electron chi connectivity index (χ4n) is 1.72. The van der Waals surface area contributed by atoms with Gasteiger partial charge in [0.25, 0.3) is 5.69 Å². The summed E-state index contributed by atoms with van der Waals surface area (Å²) in [5.74, 6) is 0.670. The van der Waals surface area contributed by atoms with Gasteiger partial charge in [-0.3, -0.25) is 10.1 Å². The lowest BCUT2D eigenvalue weighted by molar-refractivity contribution is -0.384. The molecule has 18 heavy (non-hydrogen) atoms. The number of anilines is 2. The number of nitrogens with one attached hydrogen (secondary N) is 1. The summed E-state index contributed by atoms with van der Waals surface area (Å²) in [6.07, 6.45) is 2.19.